The van der Waals surface area contributed by atoms with Crippen molar-refractivity contribution < 1.29 is 9.90 Å². The molecule has 2 aromatic rings. The average Bonchev–Trinajstić information content (AvgIpc) is 2.99. The molecule has 0 aliphatic heterocycles. The molecule has 2 aromatic heterocycles. The number of carboxylic acid groups (broad SMARTS) is 1. The summed E-state index contributed by atoms with van der Waals surface area (Å²) in [6, 6.07) is 3.30. The number of carboxylic acids is 1. The number of nitrogens with two attached hydrogens (primary N) is 1. The van der Waals surface area contributed by atoms with Crippen molar-refractivity contribution in [3.8, 4) is 0 Å². The molecule has 19 heavy (non-hydrogen) atoms. The summed E-state index contributed by atoms with van der Waals surface area (Å²) in [4.78, 5) is 16.3. The molecule has 2 unspecified atom stereocenters. The van der Waals surface area contributed by atoms with Gasteiger partial charge in [-0.3, -0.25) is 4.79 Å². The number of rotatable bonds is 6. The van der Waals surface area contributed by atoms with Gasteiger partial charge in [-0.2, -0.15) is 0 Å². The second kappa shape index (κ2) is 6.14. The normalized spacial score (nSPS) is 14.0. The van der Waals surface area contributed by atoms with Crippen LogP contribution >= 0.6 is 22.7 Å². The van der Waals surface area contributed by atoms with Crippen molar-refractivity contribution in [2.24, 2.45) is 5.73 Å². The van der Waals surface area contributed by atoms with Crippen molar-refractivity contribution in [1.82, 2.24) is 4.98 Å². The van der Waals surface area contributed by atoms with Gasteiger partial charge < -0.3 is 16.2 Å². The Kier molecular flexibility index (Phi) is 4.52. The van der Waals surface area contributed by atoms with Gasteiger partial charge in [-0.1, -0.05) is 6.07 Å². The SMILES string of the molecule is CC(Cc1cccs1)Nc1nc(C(N)C(=O)O)cs1. The summed E-state index contributed by atoms with van der Waals surface area (Å²) in [7, 11) is 0. The predicted octanol–water partition coefficient (Wildman–Crippen LogP) is 2.33. The fourth-order valence-corrected chi connectivity index (χ4v) is 3.31. The van der Waals surface area contributed by atoms with Crippen molar-refractivity contribution in [2.75, 3.05) is 5.32 Å². The number of thiophene rings is 1. The summed E-state index contributed by atoms with van der Waals surface area (Å²) in [6.45, 7) is 2.07. The molecule has 0 amide bonds. The number of hydrogen-bond acceptors (Lipinski definition) is 6. The quantitative estimate of drug-likeness (QED) is 0.761. The van der Waals surface area contributed by atoms with E-state index in [1.54, 1.807) is 16.7 Å². The topological polar surface area (TPSA) is 88.2 Å². The molecular weight excluding hydrogens is 282 g/mol. The maximum Gasteiger partial charge on any atom is 0.326 e. The molecule has 0 bridgehead atoms. The molecule has 0 aliphatic carbocycles. The molecule has 7 heteroatoms. The molecule has 5 nitrogen and oxygen atoms in total. The highest BCUT2D eigenvalue weighted by Gasteiger charge is 2.18. The van der Waals surface area contributed by atoms with Crippen LogP contribution < -0.4 is 11.1 Å². The summed E-state index contributed by atoms with van der Waals surface area (Å²) < 4.78 is 0. The van der Waals surface area contributed by atoms with Crippen LogP contribution in [0, 0.1) is 0 Å². The first kappa shape index (κ1) is 14.0. The molecule has 0 radical (unpaired) electrons. The van der Waals surface area contributed by atoms with E-state index in [-0.39, 0.29) is 6.04 Å². The highest BCUT2D eigenvalue weighted by molar-refractivity contribution is 7.13. The minimum Gasteiger partial charge on any atom is -0.480 e. The molecule has 0 fully saturated rings. The van der Waals surface area contributed by atoms with Gasteiger partial charge in [0, 0.05) is 22.7 Å². The van der Waals surface area contributed by atoms with Crippen molar-refractivity contribution in [3.63, 3.8) is 0 Å². The summed E-state index contributed by atoms with van der Waals surface area (Å²) in [6.07, 6.45) is 0.914. The van der Waals surface area contributed by atoms with Crippen LogP contribution in [0.5, 0.6) is 0 Å². The van der Waals surface area contributed by atoms with Gasteiger partial charge in [-0.05, 0) is 18.4 Å². The Morgan fingerprint density at radius 1 is 1.58 bits per heavy atom. The molecule has 0 saturated heterocycles. The van der Waals surface area contributed by atoms with Crippen molar-refractivity contribution >= 4 is 33.8 Å². The van der Waals surface area contributed by atoms with Crippen molar-refractivity contribution in [2.45, 2.75) is 25.4 Å². The second-order valence-corrected chi connectivity index (χ2v) is 6.11. The number of thiazole rings is 1. The number of nitrogens with one attached hydrogen (secondary N) is 1. The smallest absolute Gasteiger partial charge is 0.326 e. The van der Waals surface area contributed by atoms with Crippen LogP contribution in [-0.2, 0) is 11.2 Å². The van der Waals surface area contributed by atoms with E-state index in [0.717, 1.165) is 6.42 Å². The van der Waals surface area contributed by atoms with E-state index < -0.39 is 12.0 Å². The Balaban J connectivity index is 1.94. The van der Waals surface area contributed by atoms with Gasteiger partial charge in [-0.25, -0.2) is 4.98 Å². The monoisotopic (exact) mass is 297 g/mol. The molecule has 0 aromatic carbocycles. The molecule has 4 N–H and O–H groups in total. The lowest BCUT2D eigenvalue weighted by Crippen LogP contribution is -2.21. The highest BCUT2D eigenvalue weighted by Crippen LogP contribution is 2.21. The van der Waals surface area contributed by atoms with Crippen LogP contribution in [0.2, 0.25) is 0 Å². The Morgan fingerprint density at radius 3 is 3.00 bits per heavy atom. The number of hydrogen-bond donors (Lipinski definition) is 3. The summed E-state index contributed by atoms with van der Waals surface area (Å²) in [5, 5.41) is 16.5. The van der Waals surface area contributed by atoms with E-state index in [2.05, 4.69) is 28.7 Å². The van der Waals surface area contributed by atoms with E-state index in [4.69, 9.17) is 10.8 Å². The third-order valence-electron chi connectivity index (χ3n) is 2.56. The van der Waals surface area contributed by atoms with Crippen molar-refractivity contribution in [1.29, 1.82) is 0 Å². The standard InChI is InChI=1S/C12H15N3O2S2/c1-7(5-8-3-2-4-18-8)14-12-15-9(6-19-12)10(13)11(16)17/h2-4,6-7,10H,5,13H2,1H3,(H,14,15)(H,16,17). The predicted molar refractivity (Wildman–Crippen MR) is 77.8 cm³/mol. The zero-order chi connectivity index (χ0) is 13.8. The Hall–Kier alpha value is -1.44. The molecule has 0 saturated carbocycles. The molecule has 0 aliphatic rings. The number of anilines is 1. The third-order valence-corrected chi connectivity index (χ3v) is 4.25. The molecule has 2 atom stereocenters. The summed E-state index contributed by atoms with van der Waals surface area (Å²) in [5.74, 6) is -1.07. The average molecular weight is 297 g/mol. The van der Waals surface area contributed by atoms with Gasteiger partial charge in [0.2, 0.25) is 0 Å². The van der Waals surface area contributed by atoms with Gasteiger partial charge in [0.05, 0.1) is 5.69 Å². The third kappa shape index (κ3) is 3.76. The van der Waals surface area contributed by atoms with Gasteiger partial charge in [0.25, 0.3) is 0 Å². The first-order chi connectivity index (χ1) is 9.06. The van der Waals surface area contributed by atoms with Crippen LogP contribution in [0.25, 0.3) is 0 Å². The van der Waals surface area contributed by atoms with E-state index in [1.165, 1.54) is 16.2 Å². The number of carbonyl (C=O) groups is 1. The zero-order valence-electron chi connectivity index (χ0n) is 10.4. The maximum absolute atomic E-state index is 10.8. The first-order valence-corrected chi connectivity index (χ1v) is 7.55. The fraction of sp³-hybridized carbons (Fsp3) is 0.333. The molecule has 2 rings (SSSR count). The molecule has 2 heterocycles. The van der Waals surface area contributed by atoms with Crippen LogP contribution in [-0.4, -0.2) is 22.1 Å². The lowest BCUT2D eigenvalue weighted by atomic mass is 10.2. The van der Waals surface area contributed by atoms with E-state index >= 15 is 0 Å². The highest BCUT2D eigenvalue weighted by atomic mass is 32.1. The lowest BCUT2D eigenvalue weighted by Gasteiger charge is -2.11. The van der Waals surface area contributed by atoms with E-state index in [1.807, 2.05) is 6.07 Å². The largest absolute Gasteiger partial charge is 0.480 e. The van der Waals surface area contributed by atoms with Gasteiger partial charge in [0.1, 0.15) is 6.04 Å². The van der Waals surface area contributed by atoms with Crippen molar-refractivity contribution in [3.05, 3.63) is 33.5 Å². The van der Waals surface area contributed by atoms with Crippen LogP contribution in [0.3, 0.4) is 0 Å². The van der Waals surface area contributed by atoms with Crippen LogP contribution in [0.4, 0.5) is 5.13 Å². The van der Waals surface area contributed by atoms with Crippen LogP contribution in [0.15, 0.2) is 22.9 Å². The maximum atomic E-state index is 10.8. The number of aromatic nitrogens is 1. The lowest BCUT2D eigenvalue weighted by molar-refractivity contribution is -0.138. The molecule has 102 valence electrons. The Morgan fingerprint density at radius 2 is 2.37 bits per heavy atom. The van der Waals surface area contributed by atoms with Gasteiger partial charge >= 0.3 is 5.97 Å². The number of aliphatic carboxylic acids is 1. The van der Waals surface area contributed by atoms with Crippen LogP contribution in [0.1, 0.15) is 23.5 Å². The minimum absolute atomic E-state index is 0.235. The Bertz CT molecular complexity index is 539. The van der Waals surface area contributed by atoms with Gasteiger partial charge in [0.15, 0.2) is 5.13 Å². The minimum atomic E-state index is -1.07. The van der Waals surface area contributed by atoms with Gasteiger partial charge in [-0.15, -0.1) is 22.7 Å². The van der Waals surface area contributed by atoms with E-state index in [9.17, 15) is 4.79 Å². The molecular formula is C12H15N3O2S2. The second-order valence-electron chi connectivity index (χ2n) is 4.22. The first-order valence-electron chi connectivity index (χ1n) is 5.79. The fourth-order valence-electron chi connectivity index (χ4n) is 1.61. The molecule has 0 spiro atoms. The summed E-state index contributed by atoms with van der Waals surface area (Å²) >= 11 is 3.10. The van der Waals surface area contributed by atoms with E-state index in [0.29, 0.717) is 10.8 Å². The Labute approximate surface area is 119 Å². The number of nitrogens with zero attached hydrogens (tertiary/aromatic N) is 1. The zero-order valence-corrected chi connectivity index (χ0v) is 12.0. The summed E-state index contributed by atoms with van der Waals surface area (Å²) in [5.41, 5.74) is 5.90.